The summed E-state index contributed by atoms with van der Waals surface area (Å²) < 4.78 is 16.4. The van der Waals surface area contributed by atoms with E-state index < -0.39 is 0 Å². The van der Waals surface area contributed by atoms with E-state index in [0.29, 0.717) is 28.7 Å². The van der Waals surface area contributed by atoms with Crippen LogP contribution in [0, 0.1) is 5.92 Å². The Hall–Kier alpha value is -2.32. The molecule has 1 aromatic carbocycles. The molecule has 0 aliphatic carbocycles. The van der Waals surface area contributed by atoms with Gasteiger partial charge < -0.3 is 29.5 Å². The summed E-state index contributed by atoms with van der Waals surface area (Å²) in [6.45, 7) is 3.93. The second-order valence-electron chi connectivity index (χ2n) is 6.68. The lowest BCUT2D eigenvalue weighted by molar-refractivity contribution is 0.123. The molecule has 27 heavy (non-hydrogen) atoms. The molecule has 0 amide bonds. The van der Waals surface area contributed by atoms with E-state index in [4.69, 9.17) is 14.2 Å². The Bertz CT molecular complexity index is 771. The number of nitrogens with one attached hydrogen (secondary N) is 1. The van der Waals surface area contributed by atoms with Crippen molar-refractivity contribution < 1.29 is 19.3 Å². The smallest absolute Gasteiger partial charge is 0.205 e. The Balaban J connectivity index is 1.78. The normalized spacial score (nSPS) is 17.7. The Morgan fingerprint density at radius 2 is 2.00 bits per heavy atom. The quantitative estimate of drug-likeness (QED) is 0.721. The number of rotatable bonds is 8. The van der Waals surface area contributed by atoms with Gasteiger partial charge in [-0.15, -0.1) is 0 Å². The first-order chi connectivity index (χ1) is 13.2. The summed E-state index contributed by atoms with van der Waals surface area (Å²) in [5, 5.41) is 13.6. The summed E-state index contributed by atoms with van der Waals surface area (Å²) in [6.07, 6.45) is 3.76. The molecule has 2 N–H and O–H groups in total. The van der Waals surface area contributed by atoms with Crippen LogP contribution in [0.5, 0.6) is 17.2 Å². The number of likely N-dealkylation sites (tertiary alicyclic amines) is 1. The van der Waals surface area contributed by atoms with Gasteiger partial charge in [-0.1, -0.05) is 0 Å². The number of aromatic nitrogens is 2. The maximum absolute atomic E-state index is 9.38. The predicted octanol–water partition coefficient (Wildman–Crippen LogP) is 1.77. The third kappa shape index (κ3) is 4.17. The van der Waals surface area contributed by atoms with Gasteiger partial charge in [0.05, 0.1) is 26.7 Å². The summed E-state index contributed by atoms with van der Waals surface area (Å²) in [4.78, 5) is 11.1. The molecule has 8 nitrogen and oxygen atoms in total. The molecule has 0 bridgehead atoms. The van der Waals surface area contributed by atoms with Crippen LogP contribution in [0.4, 0.5) is 5.82 Å². The maximum atomic E-state index is 9.38. The molecular formula is C19H28N4O4. The third-order valence-corrected chi connectivity index (χ3v) is 5.01. The molecular weight excluding hydrogens is 348 g/mol. The topological polar surface area (TPSA) is 89.0 Å². The zero-order chi connectivity index (χ0) is 19.2. The van der Waals surface area contributed by atoms with E-state index in [1.54, 1.807) is 21.3 Å². The van der Waals surface area contributed by atoms with Gasteiger partial charge in [-0.25, -0.2) is 9.97 Å². The molecule has 0 spiro atoms. The van der Waals surface area contributed by atoms with Gasteiger partial charge in [-0.3, -0.25) is 0 Å². The van der Waals surface area contributed by atoms with Gasteiger partial charge in [-0.05, 0) is 31.4 Å². The second-order valence-corrected chi connectivity index (χ2v) is 6.68. The molecule has 1 aromatic heterocycles. The van der Waals surface area contributed by atoms with Crippen LogP contribution in [0.1, 0.15) is 12.8 Å². The number of piperidine rings is 1. The van der Waals surface area contributed by atoms with E-state index in [2.05, 4.69) is 20.2 Å². The number of aliphatic hydroxyl groups is 1. The standard InChI is InChI=1S/C19H28N4O4/c1-25-15-9-14-16(18(27-3)17(15)26-2)21-12-22-19(14)20-6-8-23-7-4-5-13(10-23)11-24/h9,12-13,24H,4-8,10-11H2,1-3H3,(H,20,21,22). The molecule has 2 aromatic rings. The number of nitrogens with zero attached hydrogens (tertiary/aromatic N) is 3. The highest BCUT2D eigenvalue weighted by molar-refractivity contribution is 5.96. The number of hydrogen-bond donors (Lipinski definition) is 2. The first-order valence-corrected chi connectivity index (χ1v) is 9.22. The first kappa shape index (κ1) is 19.4. The average Bonchev–Trinajstić information content (AvgIpc) is 2.72. The minimum atomic E-state index is 0.266. The van der Waals surface area contributed by atoms with Crippen molar-refractivity contribution >= 4 is 16.7 Å². The minimum Gasteiger partial charge on any atom is -0.493 e. The van der Waals surface area contributed by atoms with E-state index in [0.717, 1.165) is 50.2 Å². The fourth-order valence-electron chi connectivity index (χ4n) is 3.64. The average molecular weight is 376 g/mol. The van der Waals surface area contributed by atoms with Gasteiger partial charge in [0.1, 0.15) is 17.7 Å². The number of hydrogen-bond acceptors (Lipinski definition) is 8. The molecule has 1 aliphatic rings. The van der Waals surface area contributed by atoms with Gasteiger partial charge in [0.15, 0.2) is 11.5 Å². The number of benzene rings is 1. The van der Waals surface area contributed by atoms with Crippen LogP contribution in [0.15, 0.2) is 12.4 Å². The minimum absolute atomic E-state index is 0.266. The van der Waals surface area contributed by atoms with Crippen molar-refractivity contribution in [1.82, 2.24) is 14.9 Å². The van der Waals surface area contributed by atoms with Gasteiger partial charge in [-0.2, -0.15) is 0 Å². The number of anilines is 1. The Morgan fingerprint density at radius 1 is 1.19 bits per heavy atom. The summed E-state index contributed by atoms with van der Waals surface area (Å²) in [7, 11) is 4.75. The van der Waals surface area contributed by atoms with Gasteiger partial charge in [0.2, 0.25) is 5.75 Å². The third-order valence-electron chi connectivity index (χ3n) is 5.01. The molecule has 1 aliphatic heterocycles. The second kappa shape index (κ2) is 9.05. The van der Waals surface area contributed by atoms with E-state index in [-0.39, 0.29) is 6.61 Å². The van der Waals surface area contributed by atoms with Crippen molar-refractivity contribution in [2.45, 2.75) is 12.8 Å². The van der Waals surface area contributed by atoms with Crippen molar-refractivity contribution in [2.24, 2.45) is 5.92 Å². The van der Waals surface area contributed by atoms with Crippen molar-refractivity contribution in [3.63, 3.8) is 0 Å². The monoisotopic (exact) mass is 376 g/mol. The molecule has 2 heterocycles. The number of ether oxygens (including phenoxy) is 3. The van der Waals surface area contributed by atoms with Crippen molar-refractivity contribution in [3.05, 3.63) is 12.4 Å². The maximum Gasteiger partial charge on any atom is 0.205 e. The Kier molecular flexibility index (Phi) is 6.52. The highest BCUT2D eigenvalue weighted by atomic mass is 16.5. The fourth-order valence-corrected chi connectivity index (χ4v) is 3.64. The summed E-state index contributed by atoms with van der Waals surface area (Å²) in [5.74, 6) is 2.73. The molecule has 8 heteroatoms. The lowest BCUT2D eigenvalue weighted by atomic mass is 9.99. The van der Waals surface area contributed by atoms with Crippen molar-refractivity contribution in [1.29, 1.82) is 0 Å². The van der Waals surface area contributed by atoms with Gasteiger partial charge >= 0.3 is 0 Å². The lowest BCUT2D eigenvalue weighted by Crippen LogP contribution is -2.39. The molecule has 148 valence electrons. The zero-order valence-electron chi connectivity index (χ0n) is 16.2. The van der Waals surface area contributed by atoms with Crippen LogP contribution in [-0.2, 0) is 0 Å². The largest absolute Gasteiger partial charge is 0.493 e. The van der Waals surface area contributed by atoms with Crippen LogP contribution < -0.4 is 19.5 Å². The zero-order valence-corrected chi connectivity index (χ0v) is 16.2. The molecule has 0 saturated carbocycles. The van der Waals surface area contributed by atoms with E-state index in [1.165, 1.54) is 6.33 Å². The van der Waals surface area contributed by atoms with Crippen LogP contribution in [0.3, 0.4) is 0 Å². The van der Waals surface area contributed by atoms with Crippen molar-refractivity contribution in [3.8, 4) is 17.2 Å². The van der Waals surface area contributed by atoms with Gasteiger partial charge in [0, 0.05) is 26.2 Å². The summed E-state index contributed by atoms with van der Waals surface area (Å²) in [5.41, 5.74) is 0.672. The van der Waals surface area contributed by atoms with Crippen LogP contribution in [0.25, 0.3) is 10.9 Å². The first-order valence-electron chi connectivity index (χ1n) is 9.22. The molecule has 3 rings (SSSR count). The molecule has 1 atom stereocenters. The highest BCUT2D eigenvalue weighted by Crippen LogP contribution is 2.43. The summed E-state index contributed by atoms with van der Waals surface area (Å²) >= 11 is 0. The van der Waals surface area contributed by atoms with E-state index in [9.17, 15) is 5.11 Å². The van der Waals surface area contributed by atoms with Crippen molar-refractivity contribution in [2.75, 3.05) is 59.4 Å². The predicted molar refractivity (Wildman–Crippen MR) is 104 cm³/mol. The van der Waals surface area contributed by atoms with Crippen LogP contribution in [-0.4, -0.2) is 74.1 Å². The van der Waals surface area contributed by atoms with Crippen LogP contribution >= 0.6 is 0 Å². The van der Waals surface area contributed by atoms with E-state index in [1.807, 2.05) is 6.07 Å². The van der Waals surface area contributed by atoms with E-state index >= 15 is 0 Å². The summed E-state index contributed by atoms with van der Waals surface area (Å²) in [6, 6.07) is 1.86. The molecule has 0 radical (unpaired) electrons. The highest BCUT2D eigenvalue weighted by Gasteiger charge is 2.20. The number of aliphatic hydroxyl groups excluding tert-OH is 1. The molecule has 1 unspecified atom stereocenters. The molecule has 1 saturated heterocycles. The van der Waals surface area contributed by atoms with Crippen LogP contribution in [0.2, 0.25) is 0 Å². The van der Waals surface area contributed by atoms with Gasteiger partial charge in [0.25, 0.3) is 0 Å². The SMILES string of the molecule is COc1cc2c(NCCN3CCCC(CO)C3)ncnc2c(OC)c1OC. The number of methoxy groups -OCH3 is 3. The number of fused-ring (bicyclic) bond motifs is 1. The fraction of sp³-hybridized carbons (Fsp3) is 0.579. The molecule has 1 fully saturated rings. The Morgan fingerprint density at radius 3 is 2.70 bits per heavy atom. The lowest BCUT2D eigenvalue weighted by Gasteiger charge is -2.31. The Labute approximate surface area is 159 Å².